The first kappa shape index (κ1) is 51.7. The van der Waals surface area contributed by atoms with Crippen LogP contribution in [0.25, 0.3) is 21.5 Å². The lowest BCUT2D eigenvalue weighted by Crippen LogP contribution is -2.13. The van der Waals surface area contributed by atoms with Gasteiger partial charge < -0.3 is 10.4 Å². The first-order valence-corrected chi connectivity index (χ1v) is 25.3. The van der Waals surface area contributed by atoms with Crippen molar-refractivity contribution in [1.29, 1.82) is 0 Å². The van der Waals surface area contributed by atoms with Crippen LogP contribution in [0.5, 0.6) is 5.75 Å². The minimum atomic E-state index is -5.14. The zero-order valence-electron chi connectivity index (χ0n) is 31.8. The smallest absolute Gasteiger partial charge is 0.297 e. The molecular formula is C31H29N5O22S7. The second kappa shape index (κ2) is 23.0. The molecule has 0 aliphatic heterocycles. The number of nitrogens with zero attached hydrogens (tertiary/aromatic N) is 4. The molecule has 65 heavy (non-hydrogen) atoms. The fraction of sp³-hybridized carbons (Fsp3) is 0.161. The van der Waals surface area contributed by atoms with Crippen LogP contribution in [0.3, 0.4) is 0 Å². The summed E-state index contributed by atoms with van der Waals surface area (Å²) in [5.74, 6) is -2.81. The Morgan fingerprint density at radius 1 is 0.600 bits per heavy atom. The van der Waals surface area contributed by atoms with Gasteiger partial charge in [0.05, 0.1) is 62.8 Å². The molecule has 5 rings (SSSR count). The molecule has 0 saturated heterocycles. The molecule has 0 aliphatic carbocycles. The molecule has 0 atom stereocenters. The molecule has 5 aromatic rings. The van der Waals surface area contributed by atoms with Gasteiger partial charge in [-0.1, -0.05) is 27.2 Å². The largest absolute Gasteiger partial charge is 0.505 e. The average Bonchev–Trinajstić information content (AvgIpc) is 3.25. The molecule has 0 radical (unpaired) electrons. The van der Waals surface area contributed by atoms with Crippen LogP contribution in [0.15, 0.2) is 113 Å². The number of sulfone groups is 2. The summed E-state index contributed by atoms with van der Waals surface area (Å²) in [6, 6.07) is 14.3. The molecule has 0 amide bonds. The summed E-state index contributed by atoms with van der Waals surface area (Å²) in [5.41, 5.74) is -1.18. The topological polar surface area (TPSA) is 393 Å². The molecule has 0 fully saturated rings. The van der Waals surface area contributed by atoms with E-state index in [-0.39, 0.29) is 96.6 Å². The fourth-order valence-corrected chi connectivity index (χ4v) is 9.95. The van der Waals surface area contributed by atoms with Gasteiger partial charge >= 0.3 is 0 Å². The molecular weight excluding hydrogens is 1020 g/mol. The van der Waals surface area contributed by atoms with E-state index >= 15 is 0 Å². The molecule has 0 saturated carbocycles. The minimum Gasteiger partial charge on any atom is -0.505 e. The Hall–Kier alpha value is -4.25. The van der Waals surface area contributed by atoms with E-state index in [1.807, 2.05) is 0 Å². The normalized spacial score (nSPS) is 12.9. The van der Waals surface area contributed by atoms with Gasteiger partial charge in [-0.25, -0.2) is 32.6 Å². The van der Waals surface area contributed by atoms with Gasteiger partial charge in [-0.05, 0) is 66.0 Å². The summed E-state index contributed by atoms with van der Waals surface area (Å²) in [7, 11) is -17.7. The van der Waals surface area contributed by atoms with Gasteiger partial charge in [0.2, 0.25) is 0 Å². The van der Waals surface area contributed by atoms with Gasteiger partial charge in [-0.2, -0.15) is 21.9 Å². The Morgan fingerprint density at radius 2 is 1.18 bits per heavy atom. The highest BCUT2D eigenvalue weighted by atomic mass is 32.2. The van der Waals surface area contributed by atoms with Crippen LogP contribution < -0.4 is 5.32 Å². The molecule has 0 aromatic heterocycles. The number of phenolic OH excluding ortho intramolecular Hbond substituents is 1. The maximum Gasteiger partial charge on any atom is 0.297 e. The number of aromatic hydroxyl groups is 1. The van der Waals surface area contributed by atoms with Crippen molar-refractivity contribution in [1.82, 2.24) is 0 Å². The summed E-state index contributed by atoms with van der Waals surface area (Å²) in [5, 5.41) is 65.6. The summed E-state index contributed by atoms with van der Waals surface area (Å²) in [6.45, 7) is -0.764. The number of hydrogen-bond acceptors (Lipinski definition) is 28. The lowest BCUT2D eigenvalue weighted by Gasteiger charge is -2.14. The number of benzene rings is 5. The molecule has 5 aromatic carbocycles. The molecule has 352 valence electrons. The van der Waals surface area contributed by atoms with E-state index in [1.54, 1.807) is 0 Å². The zero-order valence-corrected chi connectivity index (χ0v) is 37.5. The maximum atomic E-state index is 12.9. The summed E-state index contributed by atoms with van der Waals surface area (Å²) in [4.78, 5) is -1.45. The Balaban J connectivity index is 1.56. The average molecular weight is 1050 g/mol. The molecule has 0 aliphatic rings. The Bertz CT molecular complexity index is 3020. The SMILES string of the molecule is O=S(=O)(O)CNc1ccc2c(O)c(/N=N/c3ccc4cc(S(=O)(=O)CCOSOOO)ccc4c3S(=O)(=O)O)c(SOOO)cc2c1/N=N/c1ccc(S(=O)(=O)CCOSOOO)cc1. The van der Waals surface area contributed by atoms with Crippen LogP contribution in [0.4, 0.5) is 28.4 Å². The summed E-state index contributed by atoms with van der Waals surface area (Å²) >= 11 is 0.586. The second-order valence-electron chi connectivity index (χ2n) is 12.1. The third kappa shape index (κ3) is 14.1. The standard InChI is InChI=1S/C31H29N5O22S7/c37-30-23-8-10-25(32-17-64(45,46)47)28(35-33-19-2-4-20(5-3-19)62(41,42)13-11-51-60-57-54-39)24(23)16-27(59-56-53-38)29(30)36-34-26-9-1-18-15-21(6-7-22(18)31(26)65(48,49)50)63(43,44)14-12-52-61-58-55-40/h1-10,15-16,32,37-40H,11-14,17H2,(H,45,46,47)(H,48,49,50)/b35-33+,36-34+. The van der Waals surface area contributed by atoms with Crippen LogP contribution in [-0.2, 0) is 76.4 Å². The third-order valence-electron chi connectivity index (χ3n) is 8.15. The lowest BCUT2D eigenvalue weighted by molar-refractivity contribution is -0.434. The number of rotatable bonds is 25. The van der Waals surface area contributed by atoms with Gasteiger partial charge in [0, 0.05) is 16.2 Å². The first-order valence-electron chi connectivity index (χ1n) is 16.9. The Morgan fingerprint density at radius 3 is 1.78 bits per heavy atom. The summed E-state index contributed by atoms with van der Waals surface area (Å²) < 4.78 is 142. The number of hydrogen-bond donors (Lipinski definition) is 7. The molecule has 7 N–H and O–H groups in total. The van der Waals surface area contributed by atoms with Crippen molar-refractivity contribution in [3.8, 4) is 5.75 Å². The highest BCUT2D eigenvalue weighted by molar-refractivity contribution is 7.94. The van der Waals surface area contributed by atoms with Crippen molar-refractivity contribution < 1.29 is 100 Å². The highest BCUT2D eigenvalue weighted by Gasteiger charge is 2.24. The van der Waals surface area contributed by atoms with Gasteiger partial charge in [0.1, 0.15) is 27.8 Å². The number of fused-ring (bicyclic) bond motifs is 2. The van der Waals surface area contributed by atoms with Crippen LogP contribution >= 0.6 is 36.7 Å². The number of nitrogens with one attached hydrogen (secondary N) is 1. The van der Waals surface area contributed by atoms with Crippen molar-refractivity contribution in [3.05, 3.63) is 72.8 Å². The molecule has 0 spiro atoms. The van der Waals surface area contributed by atoms with Crippen molar-refractivity contribution in [2.24, 2.45) is 20.5 Å². The van der Waals surface area contributed by atoms with Crippen molar-refractivity contribution in [3.63, 3.8) is 0 Å². The number of phenols is 1. The van der Waals surface area contributed by atoms with Crippen LogP contribution in [0.2, 0.25) is 0 Å². The predicted octanol–water partition coefficient (Wildman–Crippen LogP) is 7.01. The molecule has 34 heteroatoms. The molecule has 27 nitrogen and oxygen atoms in total. The Labute approximate surface area is 379 Å². The van der Waals surface area contributed by atoms with E-state index in [4.69, 9.17) is 24.1 Å². The van der Waals surface area contributed by atoms with E-state index in [0.29, 0.717) is 0 Å². The molecule has 0 bridgehead atoms. The van der Waals surface area contributed by atoms with Crippen LogP contribution in [0.1, 0.15) is 0 Å². The minimum absolute atomic E-state index is 0.0205. The van der Waals surface area contributed by atoms with Gasteiger partial charge in [-0.3, -0.25) is 17.5 Å². The van der Waals surface area contributed by atoms with Gasteiger partial charge in [0.25, 0.3) is 20.2 Å². The van der Waals surface area contributed by atoms with E-state index in [9.17, 15) is 47.9 Å². The van der Waals surface area contributed by atoms with Crippen molar-refractivity contribution in [2.75, 3.05) is 35.9 Å². The van der Waals surface area contributed by atoms with Crippen molar-refractivity contribution in [2.45, 2.75) is 19.6 Å². The lowest BCUT2D eigenvalue weighted by atomic mass is 10.1. The van der Waals surface area contributed by atoms with Crippen LogP contribution in [-0.4, -0.2) is 94.3 Å². The van der Waals surface area contributed by atoms with E-state index < -0.39 is 85.9 Å². The molecule has 0 unspecified atom stereocenters. The number of anilines is 1. The fourth-order valence-electron chi connectivity index (χ4n) is 5.43. The van der Waals surface area contributed by atoms with E-state index in [0.717, 1.165) is 24.3 Å². The third-order valence-corrected chi connectivity index (χ3v) is 14.3. The zero-order chi connectivity index (χ0) is 47.4. The quantitative estimate of drug-likeness (QED) is 0.00771. The summed E-state index contributed by atoms with van der Waals surface area (Å²) in [6.07, 6.45) is 0. The van der Waals surface area contributed by atoms with Gasteiger partial charge in [0.15, 0.2) is 50.1 Å². The van der Waals surface area contributed by atoms with Crippen LogP contribution in [0, 0.1) is 0 Å². The maximum absolute atomic E-state index is 12.9. The number of azo groups is 2. The monoisotopic (exact) mass is 1050 g/mol. The van der Waals surface area contributed by atoms with E-state index in [2.05, 4.69) is 53.9 Å². The second-order valence-corrected chi connectivity index (χ2v) is 20.9. The molecule has 0 heterocycles. The van der Waals surface area contributed by atoms with E-state index in [1.165, 1.54) is 48.5 Å². The van der Waals surface area contributed by atoms with Gasteiger partial charge in [-0.15, -0.1) is 28.3 Å². The predicted molar refractivity (Wildman–Crippen MR) is 226 cm³/mol. The highest BCUT2D eigenvalue weighted by Crippen LogP contribution is 2.48. The first-order chi connectivity index (χ1) is 30.8. The van der Waals surface area contributed by atoms with Crippen molar-refractivity contribution >= 4 is 127 Å². The Kier molecular flexibility index (Phi) is 18.3.